The maximum Gasteiger partial charge on any atom is 0.407 e. The maximum atomic E-state index is 14.0. The molecular formula is C45H54N8O6. The van der Waals surface area contributed by atoms with Gasteiger partial charge in [0.05, 0.1) is 49.2 Å². The third-order valence-electron chi connectivity index (χ3n) is 13.1. The number of rotatable bonds is 10. The van der Waals surface area contributed by atoms with Gasteiger partial charge in [0.1, 0.15) is 23.7 Å². The summed E-state index contributed by atoms with van der Waals surface area (Å²) in [6.07, 6.45) is 7.31. The number of carbonyl (C=O) groups excluding carboxylic acids is 4. The number of fused-ring (bicyclic) bond motifs is 1. The van der Waals surface area contributed by atoms with E-state index in [0.29, 0.717) is 13.1 Å². The van der Waals surface area contributed by atoms with Crippen LogP contribution in [0, 0.1) is 34.5 Å². The van der Waals surface area contributed by atoms with E-state index in [1.165, 1.54) is 14.2 Å². The second kappa shape index (κ2) is 15.7. The van der Waals surface area contributed by atoms with Gasteiger partial charge in [-0.25, -0.2) is 19.6 Å². The van der Waals surface area contributed by atoms with Gasteiger partial charge in [0.15, 0.2) is 0 Å². The average molecular weight is 803 g/mol. The van der Waals surface area contributed by atoms with Gasteiger partial charge in [-0.2, -0.15) is 0 Å². The molecule has 2 aromatic carbocycles. The van der Waals surface area contributed by atoms with Crippen molar-refractivity contribution in [2.45, 2.75) is 96.8 Å². The van der Waals surface area contributed by atoms with Crippen LogP contribution in [-0.4, -0.2) is 93.1 Å². The molecule has 2 spiro atoms. The van der Waals surface area contributed by atoms with Gasteiger partial charge in [-0.3, -0.25) is 9.59 Å². The van der Waals surface area contributed by atoms with Gasteiger partial charge in [0, 0.05) is 24.2 Å². The molecule has 5 atom stereocenters. The van der Waals surface area contributed by atoms with Crippen molar-refractivity contribution in [3.63, 3.8) is 0 Å². The molecule has 4 amide bonds. The molecule has 4 aromatic rings. The molecule has 2 aliphatic heterocycles. The Balaban J connectivity index is 0.959. The fraction of sp³-hybridized carbons (Fsp3) is 0.511. The summed E-state index contributed by atoms with van der Waals surface area (Å²) >= 11 is 0. The number of carbonyl (C=O) groups is 4. The van der Waals surface area contributed by atoms with Crippen LogP contribution in [0.25, 0.3) is 22.3 Å². The molecule has 59 heavy (non-hydrogen) atoms. The molecule has 0 bridgehead atoms. The molecule has 4 heterocycles. The Morgan fingerprint density at radius 3 is 1.93 bits per heavy atom. The highest BCUT2D eigenvalue weighted by atomic mass is 16.5. The third-order valence-corrected chi connectivity index (χ3v) is 13.1. The number of hydrogen-bond donors (Lipinski definition) is 4. The minimum Gasteiger partial charge on any atom is -0.453 e. The van der Waals surface area contributed by atoms with Crippen LogP contribution in [0.3, 0.4) is 0 Å². The number of amides is 4. The molecule has 2 saturated heterocycles. The zero-order valence-corrected chi connectivity index (χ0v) is 34.7. The SMILES string of the molecule is CC[C@H](C)[C@H](NC(=O)OC)C(=O)N1CC2(CC2)C[C@H]1c1nc2ccc(C#Cc3ccc(-c4cnc([C@@H]5CC6(CC6)CN5C(=O)[C@@H](NC(=O)OC)C(C)C)[nH]4)cc3)cc2[nH]1. The van der Waals surface area contributed by atoms with E-state index < -0.39 is 24.3 Å². The minimum atomic E-state index is -0.692. The van der Waals surface area contributed by atoms with E-state index in [1.54, 1.807) is 0 Å². The van der Waals surface area contributed by atoms with Crippen LogP contribution in [0.15, 0.2) is 48.7 Å². The molecule has 0 radical (unpaired) electrons. The van der Waals surface area contributed by atoms with Crippen molar-refractivity contribution in [3.05, 3.63) is 71.4 Å². The summed E-state index contributed by atoms with van der Waals surface area (Å²) in [4.78, 5) is 72.7. The Kier molecular flexibility index (Phi) is 10.7. The summed E-state index contributed by atoms with van der Waals surface area (Å²) in [5.41, 5.74) is 5.36. The molecule has 4 fully saturated rings. The largest absolute Gasteiger partial charge is 0.453 e. The number of imidazole rings is 2. The van der Waals surface area contributed by atoms with Crippen LogP contribution in [-0.2, 0) is 19.1 Å². The van der Waals surface area contributed by atoms with E-state index in [1.807, 2.05) is 86.2 Å². The Bertz CT molecular complexity index is 2310. The number of alkyl carbamates (subject to hydrolysis) is 2. The van der Waals surface area contributed by atoms with E-state index in [4.69, 9.17) is 19.4 Å². The summed E-state index contributed by atoms with van der Waals surface area (Å²) in [5, 5.41) is 5.53. The van der Waals surface area contributed by atoms with E-state index >= 15 is 0 Å². The fourth-order valence-corrected chi connectivity index (χ4v) is 8.86. The Morgan fingerprint density at radius 2 is 1.36 bits per heavy atom. The van der Waals surface area contributed by atoms with Crippen molar-refractivity contribution in [3.8, 4) is 23.1 Å². The first-order valence-electron chi connectivity index (χ1n) is 20.8. The van der Waals surface area contributed by atoms with Gasteiger partial charge >= 0.3 is 12.2 Å². The number of nitrogens with one attached hydrogen (secondary N) is 4. The predicted molar refractivity (Wildman–Crippen MR) is 221 cm³/mol. The molecule has 4 aliphatic rings. The van der Waals surface area contributed by atoms with Crippen LogP contribution in [0.5, 0.6) is 0 Å². The monoisotopic (exact) mass is 802 g/mol. The number of benzene rings is 2. The van der Waals surface area contributed by atoms with Crippen molar-refractivity contribution in [2.24, 2.45) is 22.7 Å². The number of H-pyrrole nitrogens is 2. The molecule has 2 aromatic heterocycles. The first-order chi connectivity index (χ1) is 28.3. The zero-order valence-electron chi connectivity index (χ0n) is 34.7. The molecule has 14 heteroatoms. The molecule has 310 valence electrons. The summed E-state index contributed by atoms with van der Waals surface area (Å²) in [6, 6.07) is 12.1. The Hall–Kier alpha value is -5.84. The average Bonchev–Trinajstić information content (AvgIpc) is 3.85. The van der Waals surface area contributed by atoms with E-state index in [0.717, 1.165) is 90.0 Å². The van der Waals surface area contributed by atoms with Gasteiger partial charge < -0.3 is 39.9 Å². The van der Waals surface area contributed by atoms with Crippen LogP contribution in [0.2, 0.25) is 0 Å². The second-order valence-corrected chi connectivity index (χ2v) is 17.6. The van der Waals surface area contributed by atoms with Gasteiger partial charge in [-0.1, -0.05) is 58.1 Å². The smallest absolute Gasteiger partial charge is 0.407 e. The van der Waals surface area contributed by atoms with Crippen LogP contribution < -0.4 is 10.6 Å². The van der Waals surface area contributed by atoms with E-state index in [2.05, 4.69) is 32.4 Å². The van der Waals surface area contributed by atoms with Crippen molar-refractivity contribution < 1.29 is 28.7 Å². The van der Waals surface area contributed by atoms with Gasteiger partial charge in [0.25, 0.3) is 0 Å². The quantitative estimate of drug-likeness (QED) is 0.130. The molecule has 2 aliphatic carbocycles. The van der Waals surface area contributed by atoms with Crippen molar-refractivity contribution in [1.29, 1.82) is 0 Å². The molecule has 4 N–H and O–H groups in total. The molecule has 0 unspecified atom stereocenters. The lowest BCUT2D eigenvalue weighted by molar-refractivity contribution is -0.136. The highest BCUT2D eigenvalue weighted by molar-refractivity contribution is 5.87. The summed E-state index contributed by atoms with van der Waals surface area (Å²) in [7, 11) is 2.61. The number of ether oxygens (including phenoxy) is 2. The standard InChI is InChI=1S/C45H54N8O6/c1-7-27(4)37(51-43(57)59-6)41(55)53-25-45(18-19-45)22-35(53)39-47-31-15-12-29(20-32(31)48-39)9-8-28-10-13-30(14-11-28)33-23-46-38(49-33)34-21-44(16-17-44)24-52(34)40(54)36(26(2)3)50-42(56)58-5/h10-15,20,23,26-27,34-37H,7,16-19,21-22,24-25H2,1-6H3,(H,46,49)(H,47,48)(H,50,56)(H,51,57)/t27-,34-,35-,36-,37-/m0/s1. The lowest BCUT2D eigenvalue weighted by Crippen LogP contribution is -2.51. The number of aromatic nitrogens is 4. The highest BCUT2D eigenvalue weighted by Crippen LogP contribution is 2.59. The maximum absolute atomic E-state index is 14.0. The first kappa shape index (κ1) is 40.0. The van der Waals surface area contributed by atoms with Crippen molar-refractivity contribution in [1.82, 2.24) is 40.4 Å². The zero-order chi connectivity index (χ0) is 41.6. The highest BCUT2D eigenvalue weighted by Gasteiger charge is 2.56. The Labute approximate surface area is 344 Å². The fourth-order valence-electron chi connectivity index (χ4n) is 8.86. The third kappa shape index (κ3) is 8.12. The first-order valence-corrected chi connectivity index (χ1v) is 20.8. The van der Waals surface area contributed by atoms with Crippen LogP contribution in [0.4, 0.5) is 9.59 Å². The van der Waals surface area contributed by atoms with Gasteiger partial charge in [-0.15, -0.1) is 0 Å². The number of nitrogens with zero attached hydrogens (tertiary/aromatic N) is 4. The van der Waals surface area contributed by atoms with Crippen molar-refractivity contribution >= 4 is 35.0 Å². The van der Waals surface area contributed by atoms with Gasteiger partial charge in [-0.05, 0) is 97.1 Å². The predicted octanol–water partition coefficient (Wildman–Crippen LogP) is 6.61. The van der Waals surface area contributed by atoms with Crippen molar-refractivity contribution in [2.75, 3.05) is 27.3 Å². The number of hydrogen-bond acceptors (Lipinski definition) is 8. The molecule has 14 nitrogen and oxygen atoms in total. The normalized spacial score (nSPS) is 21.2. The van der Waals surface area contributed by atoms with Gasteiger partial charge in [0.2, 0.25) is 11.8 Å². The van der Waals surface area contributed by atoms with E-state index in [-0.39, 0.29) is 46.6 Å². The van der Waals surface area contributed by atoms with Crippen LogP contribution >= 0.6 is 0 Å². The topological polar surface area (TPSA) is 175 Å². The second-order valence-electron chi connectivity index (χ2n) is 17.6. The lowest BCUT2D eigenvalue weighted by atomic mass is 9.97. The summed E-state index contributed by atoms with van der Waals surface area (Å²) in [6.45, 7) is 9.12. The number of methoxy groups -OCH3 is 2. The summed E-state index contributed by atoms with van der Waals surface area (Å²) in [5.74, 6) is 7.68. The lowest BCUT2D eigenvalue weighted by Gasteiger charge is -2.30. The minimum absolute atomic E-state index is 0.0614. The number of aromatic amines is 2. The molecule has 2 saturated carbocycles. The Morgan fingerprint density at radius 1 is 0.797 bits per heavy atom. The van der Waals surface area contributed by atoms with E-state index in [9.17, 15) is 19.2 Å². The molecule has 8 rings (SSSR count). The summed E-state index contributed by atoms with van der Waals surface area (Å²) < 4.78 is 9.66. The molecular weight excluding hydrogens is 749 g/mol. The number of likely N-dealkylation sites (tertiary alicyclic amines) is 2. The van der Waals surface area contributed by atoms with Crippen LogP contribution in [0.1, 0.15) is 108 Å².